The second-order valence-corrected chi connectivity index (χ2v) is 5.61. The second-order valence-electron chi connectivity index (χ2n) is 4.65. The molecule has 6 nitrogen and oxygen atoms in total. The highest BCUT2D eigenvalue weighted by Crippen LogP contribution is 2.16. The summed E-state index contributed by atoms with van der Waals surface area (Å²) >= 11 is 1.10. The lowest BCUT2D eigenvalue weighted by molar-refractivity contribution is 0.102. The van der Waals surface area contributed by atoms with E-state index in [4.69, 9.17) is 0 Å². The Balaban J connectivity index is 1.76. The van der Waals surface area contributed by atoms with E-state index >= 15 is 0 Å². The van der Waals surface area contributed by atoms with E-state index in [-0.39, 0.29) is 22.9 Å². The molecule has 1 aromatic carbocycles. The Hall–Kier alpha value is -2.48. The Morgan fingerprint density at radius 2 is 2.23 bits per heavy atom. The number of carbonyl (C=O) groups is 1. The number of imidazole rings is 1. The first-order valence-electron chi connectivity index (χ1n) is 6.40. The number of aromatic nitrogens is 4. The summed E-state index contributed by atoms with van der Waals surface area (Å²) in [5, 5.41) is 0.316. The number of thioether (sulfide) groups is 1. The molecule has 0 aliphatic heterocycles. The monoisotopic (exact) mass is 318 g/mol. The maximum Gasteiger partial charge on any atom is 0.277 e. The predicted molar refractivity (Wildman–Crippen MR) is 80.7 cm³/mol. The number of hydrogen-bond donors (Lipinski definition) is 2. The second kappa shape index (κ2) is 5.72. The van der Waals surface area contributed by atoms with Crippen LogP contribution in [0.25, 0.3) is 11.2 Å². The number of carbonyl (C=O) groups excluding carboxylic acids is 1. The van der Waals surface area contributed by atoms with Crippen LogP contribution in [0.1, 0.15) is 15.9 Å². The van der Waals surface area contributed by atoms with Crippen molar-refractivity contribution in [3.8, 4) is 0 Å². The number of aromatic amines is 2. The molecule has 3 rings (SSSR count). The molecule has 0 bridgehead atoms. The van der Waals surface area contributed by atoms with Crippen LogP contribution in [0.15, 0.2) is 34.5 Å². The minimum absolute atomic E-state index is 0.0872. The van der Waals surface area contributed by atoms with Crippen LogP contribution >= 0.6 is 11.8 Å². The van der Waals surface area contributed by atoms with Gasteiger partial charge in [0.25, 0.3) is 5.56 Å². The summed E-state index contributed by atoms with van der Waals surface area (Å²) in [5.41, 5.74) is 1.10. The molecule has 2 heterocycles. The smallest absolute Gasteiger partial charge is 0.277 e. The van der Waals surface area contributed by atoms with Gasteiger partial charge in [0.2, 0.25) is 0 Å². The molecule has 22 heavy (non-hydrogen) atoms. The number of H-pyrrole nitrogens is 2. The van der Waals surface area contributed by atoms with Crippen LogP contribution in [-0.4, -0.2) is 31.5 Å². The van der Waals surface area contributed by atoms with Crippen molar-refractivity contribution in [1.82, 2.24) is 19.9 Å². The van der Waals surface area contributed by atoms with Crippen molar-refractivity contribution in [1.29, 1.82) is 0 Å². The summed E-state index contributed by atoms with van der Waals surface area (Å²) in [6.07, 6.45) is 1.38. The maximum absolute atomic E-state index is 13.2. The summed E-state index contributed by atoms with van der Waals surface area (Å²) in [6.45, 7) is 1.60. The standard InChI is InChI=1S/C14H11FN4O2S/c1-7-4-8(2-3-9(7)15)10(20)5-22-14-18-12-11(13(21)19-14)16-6-17-12/h2-4,6H,5H2,1H3,(H2,16,17,18,19,21). The van der Waals surface area contributed by atoms with Crippen LogP contribution in [0.2, 0.25) is 0 Å². The Labute approximate surface area is 128 Å². The summed E-state index contributed by atoms with van der Waals surface area (Å²) < 4.78 is 13.2. The van der Waals surface area contributed by atoms with Gasteiger partial charge in [0.1, 0.15) is 5.82 Å². The number of nitrogens with zero attached hydrogens (tertiary/aromatic N) is 2. The van der Waals surface area contributed by atoms with E-state index in [9.17, 15) is 14.0 Å². The molecule has 0 saturated heterocycles. The molecule has 112 valence electrons. The molecule has 0 radical (unpaired) electrons. The van der Waals surface area contributed by atoms with Crippen LogP contribution < -0.4 is 5.56 Å². The van der Waals surface area contributed by atoms with E-state index in [1.165, 1.54) is 24.5 Å². The Kier molecular flexibility index (Phi) is 3.76. The van der Waals surface area contributed by atoms with E-state index in [1.807, 2.05) is 0 Å². The lowest BCUT2D eigenvalue weighted by Gasteiger charge is -2.03. The van der Waals surface area contributed by atoms with Gasteiger partial charge in [-0.25, -0.2) is 14.4 Å². The van der Waals surface area contributed by atoms with Gasteiger partial charge in [-0.3, -0.25) is 14.6 Å². The first kappa shape index (κ1) is 14.5. The van der Waals surface area contributed by atoms with Crippen LogP contribution in [0.5, 0.6) is 0 Å². The molecule has 0 unspecified atom stereocenters. The average Bonchev–Trinajstić information content (AvgIpc) is 2.96. The zero-order valence-corrected chi connectivity index (χ0v) is 12.3. The number of aryl methyl sites for hydroxylation is 1. The van der Waals surface area contributed by atoms with E-state index in [0.717, 1.165) is 11.8 Å². The molecule has 0 fully saturated rings. The van der Waals surface area contributed by atoms with Gasteiger partial charge in [-0.1, -0.05) is 11.8 Å². The molecule has 0 amide bonds. The van der Waals surface area contributed by atoms with E-state index < -0.39 is 0 Å². The average molecular weight is 318 g/mol. The molecule has 0 aliphatic rings. The van der Waals surface area contributed by atoms with Crippen molar-refractivity contribution in [2.24, 2.45) is 0 Å². The Morgan fingerprint density at radius 3 is 3.00 bits per heavy atom. The Bertz CT molecular complexity index is 919. The number of halogens is 1. The first-order chi connectivity index (χ1) is 10.5. The molecule has 0 aliphatic carbocycles. The quantitative estimate of drug-likeness (QED) is 0.436. The van der Waals surface area contributed by atoms with Crippen molar-refractivity contribution >= 4 is 28.7 Å². The lowest BCUT2D eigenvalue weighted by Crippen LogP contribution is -2.10. The normalized spacial score (nSPS) is 11.0. The minimum Gasteiger partial charge on any atom is -0.339 e. The zero-order valence-electron chi connectivity index (χ0n) is 11.5. The highest BCUT2D eigenvalue weighted by atomic mass is 32.2. The van der Waals surface area contributed by atoms with Crippen LogP contribution in [0.4, 0.5) is 4.39 Å². The van der Waals surface area contributed by atoms with Crippen molar-refractivity contribution in [2.75, 3.05) is 5.75 Å². The summed E-state index contributed by atoms with van der Waals surface area (Å²) in [7, 11) is 0. The largest absolute Gasteiger partial charge is 0.339 e. The third kappa shape index (κ3) is 2.77. The third-order valence-corrected chi connectivity index (χ3v) is 3.97. The number of ketones is 1. The molecule has 2 aromatic heterocycles. The number of rotatable bonds is 4. The van der Waals surface area contributed by atoms with Crippen molar-refractivity contribution < 1.29 is 9.18 Å². The molecule has 0 atom stereocenters. The predicted octanol–water partition coefficient (Wildman–Crippen LogP) is 2.07. The number of benzene rings is 1. The van der Waals surface area contributed by atoms with Gasteiger partial charge < -0.3 is 4.98 Å². The molecule has 0 saturated carbocycles. The number of fused-ring (bicyclic) bond motifs is 1. The third-order valence-electron chi connectivity index (χ3n) is 3.09. The highest BCUT2D eigenvalue weighted by Gasteiger charge is 2.11. The molecule has 2 N–H and O–H groups in total. The topological polar surface area (TPSA) is 91.5 Å². The SMILES string of the molecule is Cc1cc(C(=O)CSc2nc3nc[nH]c3c(=O)[nH]2)ccc1F. The van der Waals surface area contributed by atoms with Gasteiger partial charge >= 0.3 is 0 Å². The van der Waals surface area contributed by atoms with Gasteiger partial charge in [-0.2, -0.15) is 0 Å². The Morgan fingerprint density at radius 1 is 1.41 bits per heavy atom. The van der Waals surface area contributed by atoms with Gasteiger partial charge in [0, 0.05) is 5.56 Å². The van der Waals surface area contributed by atoms with Crippen molar-refractivity contribution in [3.63, 3.8) is 0 Å². The minimum atomic E-state index is -0.348. The first-order valence-corrected chi connectivity index (χ1v) is 7.38. The van der Waals surface area contributed by atoms with Crippen LogP contribution in [0, 0.1) is 12.7 Å². The van der Waals surface area contributed by atoms with Crippen molar-refractivity contribution in [3.05, 3.63) is 51.8 Å². The summed E-state index contributed by atoms with van der Waals surface area (Å²) in [6, 6.07) is 4.22. The highest BCUT2D eigenvalue weighted by molar-refractivity contribution is 7.99. The van der Waals surface area contributed by atoms with E-state index in [0.29, 0.717) is 27.4 Å². The number of hydrogen-bond acceptors (Lipinski definition) is 5. The van der Waals surface area contributed by atoms with Crippen molar-refractivity contribution in [2.45, 2.75) is 12.1 Å². The van der Waals surface area contributed by atoms with E-state index in [1.54, 1.807) is 6.92 Å². The molecule has 8 heteroatoms. The summed E-state index contributed by atoms with van der Waals surface area (Å²) in [4.78, 5) is 37.2. The number of nitrogens with one attached hydrogen (secondary N) is 2. The summed E-state index contributed by atoms with van der Waals surface area (Å²) in [5.74, 6) is -0.429. The van der Waals surface area contributed by atoms with Gasteiger partial charge in [0.05, 0.1) is 12.1 Å². The fourth-order valence-corrected chi connectivity index (χ4v) is 2.68. The molecule has 3 aromatic rings. The zero-order chi connectivity index (χ0) is 15.7. The molecular weight excluding hydrogens is 307 g/mol. The molecule has 0 spiro atoms. The lowest BCUT2D eigenvalue weighted by atomic mass is 10.1. The van der Waals surface area contributed by atoms with Gasteiger partial charge in [0.15, 0.2) is 22.1 Å². The number of Topliss-reactive ketones (excluding diaryl/α,β-unsaturated/α-hetero) is 1. The fourth-order valence-electron chi connectivity index (χ4n) is 1.93. The van der Waals surface area contributed by atoms with Gasteiger partial charge in [-0.15, -0.1) is 0 Å². The van der Waals surface area contributed by atoms with Crippen LogP contribution in [0.3, 0.4) is 0 Å². The van der Waals surface area contributed by atoms with E-state index in [2.05, 4.69) is 19.9 Å². The molecular formula is C14H11FN4O2S. The van der Waals surface area contributed by atoms with Gasteiger partial charge in [-0.05, 0) is 30.7 Å². The van der Waals surface area contributed by atoms with Crippen LogP contribution in [-0.2, 0) is 0 Å². The maximum atomic E-state index is 13.2. The fraction of sp³-hybridized carbons (Fsp3) is 0.143.